The predicted molar refractivity (Wildman–Crippen MR) is 81.3 cm³/mol. The summed E-state index contributed by atoms with van der Waals surface area (Å²) in [7, 11) is 0. The Morgan fingerprint density at radius 3 is 2.47 bits per heavy atom. The van der Waals surface area contributed by atoms with Gasteiger partial charge in [-0.3, -0.25) is 9.69 Å². The van der Waals surface area contributed by atoms with Crippen LogP contribution in [0.25, 0.3) is 0 Å². The number of thiol groups is 2. The maximum Gasteiger partial charge on any atom is 0.234 e. The molecule has 1 N–H and O–H groups in total. The van der Waals surface area contributed by atoms with Gasteiger partial charge in [0.15, 0.2) is 0 Å². The number of carbonyl (C=O) groups is 1. The monoisotopic (exact) mass is 278 g/mol. The van der Waals surface area contributed by atoms with Crippen LogP contribution in [0, 0.1) is 0 Å². The first-order valence-corrected chi connectivity index (χ1v) is 7.71. The maximum absolute atomic E-state index is 11.6. The molecule has 0 fully saturated rings. The van der Waals surface area contributed by atoms with Crippen LogP contribution in [0.1, 0.15) is 32.6 Å². The smallest absolute Gasteiger partial charge is 0.234 e. The number of amides is 1. The molecule has 0 saturated carbocycles. The number of nitrogens with one attached hydrogen (secondary N) is 1. The summed E-state index contributed by atoms with van der Waals surface area (Å²) in [6, 6.07) is 0. The summed E-state index contributed by atoms with van der Waals surface area (Å²) < 4.78 is 0. The number of hydrogen-bond acceptors (Lipinski definition) is 4. The Hall–Kier alpha value is 0.130. The van der Waals surface area contributed by atoms with Crippen molar-refractivity contribution in [2.75, 3.05) is 37.7 Å². The molecule has 0 aromatic carbocycles. The zero-order chi connectivity index (χ0) is 12.9. The molecule has 0 aromatic heterocycles. The van der Waals surface area contributed by atoms with Gasteiger partial charge < -0.3 is 5.32 Å². The minimum atomic E-state index is 0.0938. The van der Waals surface area contributed by atoms with Crippen molar-refractivity contribution in [2.24, 2.45) is 0 Å². The Labute approximate surface area is 117 Å². The Morgan fingerprint density at radius 2 is 1.88 bits per heavy atom. The highest BCUT2D eigenvalue weighted by Gasteiger charge is 2.08. The summed E-state index contributed by atoms with van der Waals surface area (Å²) in [5, 5.41) is 2.84. The van der Waals surface area contributed by atoms with Gasteiger partial charge in [0, 0.05) is 24.6 Å². The molecule has 0 radical (unpaired) electrons. The topological polar surface area (TPSA) is 32.3 Å². The van der Waals surface area contributed by atoms with E-state index in [1.807, 2.05) is 0 Å². The lowest BCUT2D eigenvalue weighted by Crippen LogP contribution is -2.39. The van der Waals surface area contributed by atoms with Gasteiger partial charge in [0.2, 0.25) is 5.91 Å². The van der Waals surface area contributed by atoms with Gasteiger partial charge in [0.25, 0.3) is 0 Å². The van der Waals surface area contributed by atoms with Gasteiger partial charge in [-0.15, -0.1) is 0 Å². The number of hydrogen-bond donors (Lipinski definition) is 3. The van der Waals surface area contributed by atoms with Crippen LogP contribution in [-0.4, -0.2) is 48.5 Å². The van der Waals surface area contributed by atoms with Gasteiger partial charge in [-0.05, 0) is 13.0 Å². The lowest BCUT2D eigenvalue weighted by atomic mass is 10.2. The predicted octanol–water partition coefficient (Wildman–Crippen LogP) is 1.84. The zero-order valence-electron chi connectivity index (χ0n) is 10.8. The van der Waals surface area contributed by atoms with Gasteiger partial charge in [-0.1, -0.05) is 26.2 Å². The van der Waals surface area contributed by atoms with E-state index >= 15 is 0 Å². The Morgan fingerprint density at radius 1 is 1.12 bits per heavy atom. The molecule has 0 rings (SSSR count). The standard InChI is InChI=1S/C12H26N2OS2/c1-2-3-4-5-7-14(8-10-17)11-12(15)13-6-9-16/h16-17H,2-11H2,1H3,(H,13,15). The average Bonchev–Trinajstić information content (AvgIpc) is 2.32. The molecule has 0 saturated heterocycles. The van der Waals surface area contributed by atoms with Crippen molar-refractivity contribution >= 4 is 31.2 Å². The second-order valence-corrected chi connectivity index (χ2v) is 5.03. The third-order valence-corrected chi connectivity index (χ3v) is 2.97. The Kier molecular flexibility index (Phi) is 12.7. The van der Waals surface area contributed by atoms with E-state index in [9.17, 15) is 4.79 Å². The number of rotatable bonds is 11. The fourth-order valence-electron chi connectivity index (χ4n) is 1.63. The summed E-state index contributed by atoms with van der Waals surface area (Å²) in [5.41, 5.74) is 0. The van der Waals surface area contributed by atoms with E-state index in [-0.39, 0.29) is 5.91 Å². The first-order chi connectivity index (χ1) is 8.24. The van der Waals surface area contributed by atoms with Crippen molar-refractivity contribution in [3.8, 4) is 0 Å². The van der Waals surface area contributed by atoms with Crippen LogP contribution in [0.3, 0.4) is 0 Å². The van der Waals surface area contributed by atoms with Crippen LogP contribution >= 0.6 is 25.3 Å². The molecule has 3 nitrogen and oxygen atoms in total. The number of carbonyl (C=O) groups excluding carboxylic acids is 1. The normalized spacial score (nSPS) is 10.8. The van der Waals surface area contributed by atoms with Crippen molar-refractivity contribution in [3.63, 3.8) is 0 Å². The van der Waals surface area contributed by atoms with E-state index in [0.717, 1.165) is 18.8 Å². The second kappa shape index (κ2) is 12.6. The highest BCUT2D eigenvalue weighted by Crippen LogP contribution is 2.01. The van der Waals surface area contributed by atoms with Gasteiger partial charge in [0.05, 0.1) is 6.54 Å². The molecular weight excluding hydrogens is 252 g/mol. The van der Waals surface area contributed by atoms with Crippen LogP contribution in [0.5, 0.6) is 0 Å². The molecule has 0 heterocycles. The van der Waals surface area contributed by atoms with Crippen LogP contribution in [0.15, 0.2) is 0 Å². The van der Waals surface area contributed by atoms with Crippen molar-refractivity contribution in [1.29, 1.82) is 0 Å². The van der Waals surface area contributed by atoms with E-state index in [1.54, 1.807) is 0 Å². The van der Waals surface area contributed by atoms with Crippen molar-refractivity contribution in [3.05, 3.63) is 0 Å². The van der Waals surface area contributed by atoms with Gasteiger partial charge in [-0.25, -0.2) is 0 Å². The fraction of sp³-hybridized carbons (Fsp3) is 0.917. The third-order valence-electron chi connectivity index (χ3n) is 2.55. The molecule has 0 aromatic rings. The van der Waals surface area contributed by atoms with Crippen LogP contribution in [0.4, 0.5) is 0 Å². The molecule has 0 unspecified atom stereocenters. The van der Waals surface area contributed by atoms with Gasteiger partial charge >= 0.3 is 0 Å². The average molecular weight is 278 g/mol. The Bertz CT molecular complexity index is 191. The first-order valence-electron chi connectivity index (χ1n) is 6.45. The van der Waals surface area contributed by atoms with Gasteiger partial charge in [-0.2, -0.15) is 25.3 Å². The highest BCUT2D eigenvalue weighted by atomic mass is 32.1. The summed E-state index contributed by atoms with van der Waals surface area (Å²) in [6.07, 6.45) is 4.94. The fourth-order valence-corrected chi connectivity index (χ4v) is 2.02. The second-order valence-electron chi connectivity index (χ2n) is 4.13. The van der Waals surface area contributed by atoms with E-state index in [2.05, 4.69) is 42.4 Å². The third kappa shape index (κ3) is 11.0. The molecule has 1 amide bonds. The van der Waals surface area contributed by atoms with E-state index in [0.29, 0.717) is 18.8 Å². The quantitative estimate of drug-likeness (QED) is 0.398. The van der Waals surface area contributed by atoms with E-state index in [1.165, 1.54) is 25.7 Å². The first kappa shape index (κ1) is 17.1. The SMILES string of the molecule is CCCCCCN(CCS)CC(=O)NCCS. The lowest BCUT2D eigenvalue weighted by Gasteiger charge is -2.20. The summed E-state index contributed by atoms with van der Waals surface area (Å²) in [6.45, 7) is 5.21. The number of nitrogens with zero attached hydrogens (tertiary/aromatic N) is 1. The summed E-state index contributed by atoms with van der Waals surface area (Å²) >= 11 is 8.30. The van der Waals surface area contributed by atoms with Crippen LogP contribution < -0.4 is 5.32 Å². The Balaban J connectivity index is 3.75. The molecule has 0 aliphatic rings. The molecule has 5 heteroatoms. The van der Waals surface area contributed by atoms with E-state index in [4.69, 9.17) is 0 Å². The largest absolute Gasteiger partial charge is 0.354 e. The van der Waals surface area contributed by atoms with Crippen LogP contribution in [0.2, 0.25) is 0 Å². The van der Waals surface area contributed by atoms with Crippen molar-refractivity contribution < 1.29 is 4.79 Å². The molecule has 0 bridgehead atoms. The lowest BCUT2D eigenvalue weighted by molar-refractivity contribution is -0.122. The minimum Gasteiger partial charge on any atom is -0.354 e. The maximum atomic E-state index is 11.6. The molecule has 0 aliphatic carbocycles. The van der Waals surface area contributed by atoms with Crippen molar-refractivity contribution in [2.45, 2.75) is 32.6 Å². The molecule has 102 valence electrons. The molecule has 0 spiro atoms. The zero-order valence-corrected chi connectivity index (χ0v) is 12.6. The van der Waals surface area contributed by atoms with Crippen LogP contribution in [-0.2, 0) is 4.79 Å². The minimum absolute atomic E-state index is 0.0938. The summed E-state index contributed by atoms with van der Waals surface area (Å²) in [4.78, 5) is 13.7. The highest BCUT2D eigenvalue weighted by molar-refractivity contribution is 7.80. The molecule has 0 aliphatic heterocycles. The number of unbranched alkanes of at least 4 members (excludes halogenated alkanes) is 3. The molecule has 17 heavy (non-hydrogen) atoms. The van der Waals surface area contributed by atoms with Gasteiger partial charge in [0.1, 0.15) is 0 Å². The van der Waals surface area contributed by atoms with E-state index < -0.39 is 0 Å². The molecular formula is C12H26N2OS2. The molecule has 0 atom stereocenters. The summed E-state index contributed by atoms with van der Waals surface area (Å²) in [5.74, 6) is 1.58. The van der Waals surface area contributed by atoms with Crippen molar-refractivity contribution in [1.82, 2.24) is 10.2 Å².